The number of imidazole rings is 1. The largest absolute Gasteiger partial charge is 0.493 e. The Kier molecular flexibility index (Phi) is 3.56. The summed E-state index contributed by atoms with van der Waals surface area (Å²) in [6.45, 7) is 4.02. The molecular formula is C21H21N3O4. The number of hydrogen-bond acceptors (Lipinski definition) is 4. The summed E-state index contributed by atoms with van der Waals surface area (Å²) < 4.78 is 8.33. The van der Waals surface area contributed by atoms with Gasteiger partial charge < -0.3 is 9.84 Å². The molecule has 0 unspecified atom stereocenters. The van der Waals surface area contributed by atoms with Crippen LogP contribution in [0.5, 0.6) is 5.88 Å². The van der Waals surface area contributed by atoms with Gasteiger partial charge in [-0.3, -0.25) is 9.47 Å². The summed E-state index contributed by atoms with van der Waals surface area (Å²) in [5.41, 5.74) is 0.862. The molecule has 1 fully saturated rings. The van der Waals surface area contributed by atoms with Gasteiger partial charge in [0, 0.05) is 11.9 Å². The molecule has 0 spiro atoms. The molecule has 1 N–H and O–H groups in total. The van der Waals surface area contributed by atoms with Crippen molar-refractivity contribution in [2.24, 2.45) is 0 Å². The summed E-state index contributed by atoms with van der Waals surface area (Å²) in [6.07, 6.45) is 0.00281. The molecule has 7 heteroatoms. The van der Waals surface area contributed by atoms with Crippen molar-refractivity contribution in [1.29, 1.82) is 0 Å². The van der Waals surface area contributed by atoms with E-state index in [1.165, 1.54) is 4.57 Å². The maximum atomic E-state index is 13.2. The fourth-order valence-electron chi connectivity index (χ4n) is 4.54. The first-order chi connectivity index (χ1) is 13.5. The first kappa shape index (κ1) is 16.9. The Morgan fingerprint density at radius 2 is 1.93 bits per heavy atom. The van der Waals surface area contributed by atoms with Gasteiger partial charge in [0.2, 0.25) is 5.88 Å². The highest BCUT2D eigenvalue weighted by Crippen LogP contribution is 2.49. The highest BCUT2D eigenvalue weighted by Gasteiger charge is 2.49. The number of hydrogen-bond donors (Lipinski definition) is 1. The van der Waals surface area contributed by atoms with Crippen molar-refractivity contribution in [2.45, 2.75) is 38.5 Å². The Balaban J connectivity index is 1.64. The first-order valence-corrected chi connectivity index (χ1v) is 9.49. The van der Waals surface area contributed by atoms with Crippen LogP contribution in [-0.2, 0) is 4.74 Å². The van der Waals surface area contributed by atoms with Gasteiger partial charge >= 0.3 is 11.8 Å². The Morgan fingerprint density at radius 3 is 2.71 bits per heavy atom. The van der Waals surface area contributed by atoms with Gasteiger partial charge in [0.15, 0.2) is 0 Å². The lowest BCUT2D eigenvalue weighted by molar-refractivity contribution is 0.0688. The molecule has 7 nitrogen and oxygen atoms in total. The molecule has 1 amide bonds. The van der Waals surface area contributed by atoms with Gasteiger partial charge in [0.1, 0.15) is 5.69 Å². The van der Waals surface area contributed by atoms with Crippen LogP contribution in [0.4, 0.5) is 4.79 Å². The highest BCUT2D eigenvalue weighted by molar-refractivity contribution is 5.90. The third-order valence-corrected chi connectivity index (χ3v) is 5.64. The molecule has 2 aromatic carbocycles. The van der Waals surface area contributed by atoms with Gasteiger partial charge in [-0.05, 0) is 31.7 Å². The average molecular weight is 379 g/mol. The zero-order chi connectivity index (χ0) is 19.6. The average Bonchev–Trinajstić information content (AvgIpc) is 3.33. The van der Waals surface area contributed by atoms with E-state index in [0.717, 1.165) is 10.8 Å². The molecule has 1 saturated heterocycles. The van der Waals surface area contributed by atoms with Gasteiger partial charge in [0.25, 0.3) is 0 Å². The van der Waals surface area contributed by atoms with Crippen LogP contribution in [0.3, 0.4) is 0 Å². The zero-order valence-electron chi connectivity index (χ0n) is 15.7. The highest BCUT2D eigenvalue weighted by atomic mass is 16.6. The molecular weight excluding hydrogens is 358 g/mol. The van der Waals surface area contributed by atoms with E-state index >= 15 is 0 Å². The number of benzene rings is 2. The number of carbonyl (C=O) groups excluding carboxylic acids is 1. The van der Waals surface area contributed by atoms with Crippen molar-refractivity contribution in [3.05, 3.63) is 58.6 Å². The second-order valence-corrected chi connectivity index (χ2v) is 7.69. The van der Waals surface area contributed by atoms with Crippen molar-refractivity contribution in [1.82, 2.24) is 14.0 Å². The minimum Gasteiger partial charge on any atom is -0.493 e. The van der Waals surface area contributed by atoms with Crippen molar-refractivity contribution in [3.8, 4) is 11.6 Å². The SMILES string of the molecule is CC(C)OC(=O)N1C[C@@H]2C[C@H]1c1c(O)n(-c3cccc4ccccc34)c(=O)n12. The molecule has 5 rings (SSSR count). The Morgan fingerprint density at radius 1 is 1.18 bits per heavy atom. The number of carbonyl (C=O) groups is 1. The molecule has 2 bridgehead atoms. The molecule has 28 heavy (non-hydrogen) atoms. The summed E-state index contributed by atoms with van der Waals surface area (Å²) in [5.74, 6) is -0.101. The quantitative estimate of drug-likeness (QED) is 0.741. The van der Waals surface area contributed by atoms with Crippen LogP contribution in [0.2, 0.25) is 0 Å². The van der Waals surface area contributed by atoms with E-state index in [2.05, 4.69) is 0 Å². The van der Waals surface area contributed by atoms with Crippen molar-refractivity contribution in [3.63, 3.8) is 0 Å². The summed E-state index contributed by atoms with van der Waals surface area (Å²) >= 11 is 0. The number of likely N-dealkylation sites (tertiary alicyclic amines) is 1. The van der Waals surface area contributed by atoms with Gasteiger partial charge in [-0.2, -0.15) is 0 Å². The van der Waals surface area contributed by atoms with Crippen LogP contribution < -0.4 is 5.69 Å². The van der Waals surface area contributed by atoms with Crippen LogP contribution in [0.15, 0.2) is 47.3 Å². The van der Waals surface area contributed by atoms with Crippen LogP contribution in [0, 0.1) is 0 Å². The lowest BCUT2D eigenvalue weighted by Crippen LogP contribution is -2.38. The van der Waals surface area contributed by atoms with Crippen LogP contribution in [-0.4, -0.2) is 37.9 Å². The molecule has 144 valence electrons. The summed E-state index contributed by atoms with van der Waals surface area (Å²) in [7, 11) is 0. The monoisotopic (exact) mass is 379 g/mol. The minimum absolute atomic E-state index is 0.101. The summed E-state index contributed by atoms with van der Waals surface area (Å²) in [6, 6.07) is 12.9. The number of aromatic nitrogens is 2. The standard InChI is InChI=1S/C21H21N3O4/c1-12(2)28-21(27)22-11-14-10-17(22)18-19(25)24(20(26)23(14)18)16-9-5-7-13-6-3-4-8-15(13)16/h3-9,12,14,17,25H,10-11H2,1-2H3/t14-,17-/m0/s1. The Hall–Kier alpha value is -3.22. The predicted octanol–water partition coefficient (Wildman–Crippen LogP) is 3.34. The van der Waals surface area contributed by atoms with Crippen LogP contribution in [0.25, 0.3) is 16.5 Å². The second kappa shape index (κ2) is 5.89. The molecule has 2 aliphatic rings. The maximum Gasteiger partial charge on any atom is 0.410 e. The normalized spacial score (nSPS) is 20.2. The zero-order valence-corrected chi connectivity index (χ0v) is 15.7. The van der Waals surface area contributed by atoms with Gasteiger partial charge in [-0.25, -0.2) is 14.2 Å². The molecule has 0 saturated carbocycles. The first-order valence-electron chi connectivity index (χ1n) is 9.49. The van der Waals surface area contributed by atoms with E-state index < -0.39 is 6.09 Å². The number of fused-ring (bicyclic) bond motifs is 6. The molecule has 2 atom stereocenters. The van der Waals surface area contributed by atoms with Crippen LogP contribution >= 0.6 is 0 Å². The smallest absolute Gasteiger partial charge is 0.410 e. The fourth-order valence-corrected chi connectivity index (χ4v) is 4.54. The van der Waals surface area contributed by atoms with Crippen molar-refractivity contribution < 1.29 is 14.6 Å². The van der Waals surface area contributed by atoms with E-state index in [1.54, 1.807) is 23.3 Å². The van der Waals surface area contributed by atoms with Crippen LogP contribution in [0.1, 0.15) is 38.0 Å². The minimum atomic E-state index is -0.404. The molecule has 0 radical (unpaired) electrons. The molecule has 2 aliphatic heterocycles. The van der Waals surface area contributed by atoms with E-state index in [4.69, 9.17) is 4.74 Å². The van der Waals surface area contributed by atoms with Gasteiger partial charge in [0.05, 0.1) is 23.9 Å². The number of aromatic hydroxyl groups is 1. The maximum absolute atomic E-state index is 13.2. The number of rotatable bonds is 2. The Labute approximate surface area is 161 Å². The number of ether oxygens (including phenoxy) is 1. The van der Waals surface area contributed by atoms with E-state index in [9.17, 15) is 14.7 Å². The van der Waals surface area contributed by atoms with Crippen molar-refractivity contribution >= 4 is 16.9 Å². The van der Waals surface area contributed by atoms with E-state index in [1.807, 2.05) is 42.5 Å². The molecule has 0 aliphatic carbocycles. The number of nitrogens with zero attached hydrogens (tertiary/aromatic N) is 3. The van der Waals surface area contributed by atoms with Crippen molar-refractivity contribution in [2.75, 3.05) is 6.54 Å². The molecule has 3 heterocycles. The van der Waals surface area contributed by atoms with Gasteiger partial charge in [-0.1, -0.05) is 36.4 Å². The summed E-state index contributed by atoms with van der Waals surface area (Å²) in [5, 5.41) is 12.9. The second-order valence-electron chi connectivity index (χ2n) is 7.69. The van der Waals surface area contributed by atoms with E-state index in [-0.39, 0.29) is 29.8 Å². The topological polar surface area (TPSA) is 76.7 Å². The lowest BCUT2D eigenvalue weighted by atomic mass is 10.1. The third kappa shape index (κ3) is 2.22. The third-order valence-electron chi connectivity index (χ3n) is 5.64. The number of amides is 1. The van der Waals surface area contributed by atoms with E-state index in [0.29, 0.717) is 24.3 Å². The fraction of sp³-hybridized carbons (Fsp3) is 0.333. The molecule has 3 aromatic rings. The lowest BCUT2D eigenvalue weighted by Gasteiger charge is -2.27. The summed E-state index contributed by atoms with van der Waals surface area (Å²) in [4.78, 5) is 27.2. The predicted molar refractivity (Wildman–Crippen MR) is 104 cm³/mol. The molecule has 1 aromatic heterocycles. The van der Waals surface area contributed by atoms with Gasteiger partial charge in [-0.15, -0.1) is 0 Å². The Bertz CT molecular complexity index is 1150.